The van der Waals surface area contributed by atoms with Crippen LogP contribution in [0.3, 0.4) is 0 Å². The van der Waals surface area contributed by atoms with Gasteiger partial charge in [0.25, 0.3) is 0 Å². The number of likely N-dealkylation sites (N-methyl/N-ethyl adjacent to an activating group) is 1. The summed E-state index contributed by atoms with van der Waals surface area (Å²) in [6.45, 7) is 1.37. The number of fused-ring (bicyclic) bond motifs is 1. The van der Waals surface area contributed by atoms with Gasteiger partial charge in [-0.15, -0.1) is 0 Å². The number of pyridine rings is 1. The number of hydrogen-bond donors (Lipinski definition) is 1. The van der Waals surface area contributed by atoms with E-state index in [-0.39, 0.29) is 23.0 Å². The van der Waals surface area contributed by atoms with E-state index in [1.54, 1.807) is 0 Å². The van der Waals surface area contributed by atoms with Crippen LogP contribution in [0.1, 0.15) is 42.1 Å². The van der Waals surface area contributed by atoms with E-state index >= 15 is 4.39 Å². The average Bonchev–Trinajstić information content (AvgIpc) is 3.58. The van der Waals surface area contributed by atoms with Crippen molar-refractivity contribution in [2.45, 2.75) is 37.8 Å². The molecule has 29 heavy (non-hydrogen) atoms. The Morgan fingerprint density at radius 1 is 1.28 bits per heavy atom. The van der Waals surface area contributed by atoms with Crippen molar-refractivity contribution in [3.8, 4) is 5.75 Å². The van der Waals surface area contributed by atoms with E-state index in [0.717, 1.165) is 25.7 Å². The highest BCUT2D eigenvalue weighted by molar-refractivity contribution is 5.97. The van der Waals surface area contributed by atoms with Crippen molar-refractivity contribution in [3.63, 3.8) is 0 Å². The van der Waals surface area contributed by atoms with E-state index in [2.05, 4.69) is 5.32 Å². The summed E-state index contributed by atoms with van der Waals surface area (Å²) in [7, 11) is 4.63. The number of carbonyl (C=O) groups is 1. The standard InChI is InChI=1S/C21H26FN3O4/c1-23-12-5-4-8-24(10-12)18-16(22)9-14-17(20(18)28-2)25(13-6-7-13)11-15(19(14)26)21(27)29-3/h9,11-13,23H,4-8,10H2,1-3H3/t12-/m0/s1. The maximum Gasteiger partial charge on any atom is 0.343 e. The summed E-state index contributed by atoms with van der Waals surface area (Å²) < 4.78 is 27.6. The van der Waals surface area contributed by atoms with Gasteiger partial charge in [0.2, 0.25) is 5.43 Å². The molecule has 1 aliphatic heterocycles. The topological polar surface area (TPSA) is 72.8 Å². The highest BCUT2D eigenvalue weighted by Crippen LogP contribution is 2.44. The van der Waals surface area contributed by atoms with Crippen LogP contribution in [-0.4, -0.2) is 50.9 Å². The maximum atomic E-state index is 15.3. The third-order valence-electron chi connectivity index (χ3n) is 5.89. The van der Waals surface area contributed by atoms with Crippen LogP contribution in [0.5, 0.6) is 5.75 Å². The van der Waals surface area contributed by atoms with E-state index in [4.69, 9.17) is 9.47 Å². The molecular formula is C21H26FN3O4. The molecule has 1 aromatic carbocycles. The summed E-state index contributed by atoms with van der Waals surface area (Å²) in [6, 6.07) is 1.65. The quantitative estimate of drug-likeness (QED) is 0.774. The number of carbonyl (C=O) groups excluding carboxylic acids is 1. The first kappa shape index (κ1) is 19.7. The zero-order valence-electron chi connectivity index (χ0n) is 17.0. The fraction of sp³-hybridized carbons (Fsp3) is 0.524. The number of methoxy groups -OCH3 is 2. The molecule has 0 bridgehead atoms. The Labute approximate surface area is 168 Å². The highest BCUT2D eigenvalue weighted by atomic mass is 19.1. The third kappa shape index (κ3) is 3.35. The molecule has 0 amide bonds. The smallest absolute Gasteiger partial charge is 0.343 e. The lowest BCUT2D eigenvalue weighted by atomic mass is 10.0. The first-order valence-electron chi connectivity index (χ1n) is 9.96. The Morgan fingerprint density at radius 3 is 2.66 bits per heavy atom. The number of piperidine rings is 1. The van der Waals surface area contributed by atoms with Gasteiger partial charge in [-0.2, -0.15) is 0 Å². The molecule has 0 radical (unpaired) electrons. The Kier molecular flexibility index (Phi) is 5.21. The number of aromatic nitrogens is 1. The van der Waals surface area contributed by atoms with Gasteiger partial charge >= 0.3 is 5.97 Å². The summed E-state index contributed by atoms with van der Waals surface area (Å²) in [5.41, 5.74) is 0.281. The monoisotopic (exact) mass is 403 g/mol. The second kappa shape index (κ2) is 7.67. The minimum absolute atomic E-state index is 0.0886. The molecule has 1 saturated carbocycles. The van der Waals surface area contributed by atoms with Crippen molar-refractivity contribution in [3.05, 3.63) is 33.9 Å². The van der Waals surface area contributed by atoms with Crippen molar-refractivity contribution in [2.75, 3.05) is 39.3 Å². The van der Waals surface area contributed by atoms with Crippen LogP contribution >= 0.6 is 0 Å². The molecular weight excluding hydrogens is 377 g/mol. The second-order valence-electron chi connectivity index (χ2n) is 7.71. The molecule has 2 aliphatic rings. The number of ether oxygens (including phenoxy) is 2. The molecule has 1 atom stereocenters. The molecule has 156 valence electrons. The van der Waals surface area contributed by atoms with E-state index in [9.17, 15) is 9.59 Å². The number of anilines is 1. The first-order chi connectivity index (χ1) is 14.0. The van der Waals surface area contributed by atoms with E-state index in [1.165, 1.54) is 26.5 Å². The zero-order chi connectivity index (χ0) is 20.7. The van der Waals surface area contributed by atoms with Crippen molar-refractivity contribution in [1.29, 1.82) is 0 Å². The first-order valence-corrected chi connectivity index (χ1v) is 9.96. The van der Waals surface area contributed by atoms with E-state index in [0.29, 0.717) is 30.0 Å². The number of hydrogen-bond acceptors (Lipinski definition) is 6. The molecule has 0 unspecified atom stereocenters. The molecule has 1 saturated heterocycles. The average molecular weight is 403 g/mol. The van der Waals surface area contributed by atoms with Gasteiger partial charge in [-0.3, -0.25) is 4.79 Å². The fourth-order valence-corrected chi connectivity index (χ4v) is 4.24. The molecule has 1 N–H and O–H groups in total. The third-order valence-corrected chi connectivity index (χ3v) is 5.89. The molecule has 4 rings (SSSR count). The number of nitrogens with one attached hydrogen (secondary N) is 1. The Balaban J connectivity index is 1.98. The lowest BCUT2D eigenvalue weighted by Crippen LogP contribution is -2.45. The van der Waals surface area contributed by atoms with Crippen molar-refractivity contribution in [1.82, 2.24) is 9.88 Å². The Hall–Kier alpha value is -2.61. The van der Waals surface area contributed by atoms with Crippen LogP contribution in [0.15, 0.2) is 17.1 Å². The Bertz CT molecular complexity index is 1020. The van der Waals surface area contributed by atoms with Gasteiger partial charge in [-0.25, -0.2) is 9.18 Å². The van der Waals surface area contributed by atoms with E-state index < -0.39 is 17.2 Å². The van der Waals surface area contributed by atoms with Gasteiger partial charge in [-0.05, 0) is 38.8 Å². The maximum absolute atomic E-state index is 15.3. The van der Waals surface area contributed by atoms with Crippen LogP contribution in [0.4, 0.5) is 10.1 Å². The predicted molar refractivity (Wildman–Crippen MR) is 109 cm³/mol. The highest BCUT2D eigenvalue weighted by Gasteiger charge is 2.32. The Morgan fingerprint density at radius 2 is 2.03 bits per heavy atom. The lowest BCUT2D eigenvalue weighted by molar-refractivity contribution is 0.0598. The minimum atomic E-state index is -0.720. The molecule has 2 aromatic rings. The summed E-state index contributed by atoms with van der Waals surface area (Å²) >= 11 is 0. The fourth-order valence-electron chi connectivity index (χ4n) is 4.24. The number of benzene rings is 1. The van der Waals surface area contributed by atoms with Crippen molar-refractivity contribution in [2.24, 2.45) is 0 Å². The molecule has 1 aromatic heterocycles. The molecule has 8 heteroatoms. The second-order valence-corrected chi connectivity index (χ2v) is 7.71. The summed E-state index contributed by atoms with van der Waals surface area (Å²) in [5.74, 6) is -0.896. The number of rotatable bonds is 5. The summed E-state index contributed by atoms with van der Waals surface area (Å²) in [4.78, 5) is 27.1. The predicted octanol–water partition coefficient (Wildman–Crippen LogP) is 2.46. The van der Waals surface area contributed by atoms with E-state index in [1.807, 2.05) is 16.5 Å². The zero-order valence-corrected chi connectivity index (χ0v) is 17.0. The van der Waals surface area contributed by atoms with Crippen LogP contribution < -0.4 is 20.4 Å². The number of halogens is 1. The van der Waals surface area contributed by atoms with Crippen LogP contribution in [0.25, 0.3) is 10.9 Å². The normalized spacial score (nSPS) is 19.4. The summed E-state index contributed by atoms with van der Waals surface area (Å²) in [5, 5.41) is 3.40. The van der Waals surface area contributed by atoms with Gasteiger partial charge < -0.3 is 24.3 Å². The molecule has 1 aliphatic carbocycles. The minimum Gasteiger partial charge on any atom is -0.492 e. The van der Waals surface area contributed by atoms with Gasteiger partial charge in [0.1, 0.15) is 11.3 Å². The van der Waals surface area contributed by atoms with Crippen molar-refractivity contribution >= 4 is 22.6 Å². The van der Waals surface area contributed by atoms with Gasteiger partial charge in [0.05, 0.1) is 25.1 Å². The lowest BCUT2D eigenvalue weighted by Gasteiger charge is -2.35. The largest absolute Gasteiger partial charge is 0.492 e. The van der Waals surface area contributed by atoms with Gasteiger partial charge in [-0.1, -0.05) is 0 Å². The van der Waals surface area contributed by atoms with Crippen LogP contribution in [0, 0.1) is 5.82 Å². The van der Waals surface area contributed by atoms with Gasteiger partial charge in [0.15, 0.2) is 11.6 Å². The van der Waals surface area contributed by atoms with Crippen molar-refractivity contribution < 1.29 is 18.7 Å². The van der Waals surface area contributed by atoms with Crippen LogP contribution in [-0.2, 0) is 4.74 Å². The van der Waals surface area contributed by atoms with Crippen LogP contribution in [0.2, 0.25) is 0 Å². The van der Waals surface area contributed by atoms with Gasteiger partial charge in [0, 0.05) is 31.4 Å². The number of nitrogens with zero attached hydrogens (tertiary/aromatic N) is 2. The molecule has 0 spiro atoms. The molecule has 2 fully saturated rings. The summed E-state index contributed by atoms with van der Waals surface area (Å²) in [6.07, 6.45) is 5.35. The molecule has 2 heterocycles. The SMILES string of the molecule is CN[C@H]1CCCN(c2c(F)cc3c(=O)c(C(=O)OC)cn(C4CC4)c3c2OC)C1. The molecule has 7 nitrogen and oxygen atoms in total. The number of esters is 1.